The number of carbonyl (C=O) groups is 1. The van der Waals surface area contributed by atoms with E-state index in [2.05, 4.69) is 8.37 Å². The van der Waals surface area contributed by atoms with Gasteiger partial charge in [-0.3, -0.25) is 0 Å². The van der Waals surface area contributed by atoms with Crippen LogP contribution in [0.25, 0.3) is 0 Å². The van der Waals surface area contributed by atoms with E-state index in [4.69, 9.17) is 39.9 Å². The molecule has 0 saturated carbocycles. The molecule has 0 fully saturated rings. The molecule has 0 unspecified atom stereocenters. The smallest absolute Gasteiger partial charge is 0.449 e. The Labute approximate surface area is 124 Å². The van der Waals surface area contributed by atoms with Crippen LogP contribution < -0.4 is 4.18 Å². The minimum atomic E-state index is -4.40. The molecule has 0 aliphatic carbocycles. The Bertz CT molecular complexity index is 548. The lowest BCUT2D eigenvalue weighted by Gasteiger charge is -2.11. The lowest BCUT2D eigenvalue weighted by atomic mass is 10.2. The number of aromatic carboxylic acids is 1. The van der Waals surface area contributed by atoms with Crippen molar-refractivity contribution in [1.82, 2.24) is 0 Å². The number of carboxylic acid groups (broad SMARTS) is 1. The van der Waals surface area contributed by atoms with E-state index in [0.717, 1.165) is 12.1 Å². The summed E-state index contributed by atoms with van der Waals surface area (Å²) in [5.74, 6) is -1.28. The zero-order valence-electron chi connectivity index (χ0n) is 9.05. The summed E-state index contributed by atoms with van der Waals surface area (Å²) in [5.41, 5.74) is -0.0213. The topological polar surface area (TPSA) is 89.9 Å². The van der Waals surface area contributed by atoms with Gasteiger partial charge in [0.05, 0.1) is 5.56 Å². The van der Waals surface area contributed by atoms with Gasteiger partial charge < -0.3 is 9.29 Å². The summed E-state index contributed by atoms with van der Waals surface area (Å²) in [4.78, 5) is 10.6. The Morgan fingerprint density at radius 3 is 2.16 bits per heavy atom. The maximum Gasteiger partial charge on any atom is 0.449 e. The van der Waals surface area contributed by atoms with Gasteiger partial charge in [0, 0.05) is 0 Å². The summed E-state index contributed by atoms with van der Waals surface area (Å²) in [7, 11) is -4.40. The predicted octanol–water partition coefficient (Wildman–Crippen LogP) is 2.40. The molecular weight excluding hydrogens is 343 g/mol. The molecule has 0 amide bonds. The summed E-state index contributed by atoms with van der Waals surface area (Å²) in [6.45, 7) is -0.715. The van der Waals surface area contributed by atoms with Crippen LogP contribution in [0, 0.1) is 0 Å². The van der Waals surface area contributed by atoms with Gasteiger partial charge in [-0.2, -0.15) is 8.42 Å². The van der Waals surface area contributed by atoms with E-state index in [1.165, 1.54) is 12.1 Å². The van der Waals surface area contributed by atoms with E-state index in [-0.39, 0.29) is 11.3 Å². The van der Waals surface area contributed by atoms with E-state index in [9.17, 15) is 13.2 Å². The number of halogens is 3. The summed E-state index contributed by atoms with van der Waals surface area (Å²) in [6.07, 6.45) is 0. The molecule has 0 saturated heterocycles. The van der Waals surface area contributed by atoms with Gasteiger partial charge >= 0.3 is 16.4 Å². The van der Waals surface area contributed by atoms with Gasteiger partial charge in [0.25, 0.3) is 0 Å². The lowest BCUT2D eigenvalue weighted by Crippen LogP contribution is -2.21. The molecule has 0 bridgehead atoms. The minimum absolute atomic E-state index is 0.0213. The Kier molecular flexibility index (Phi) is 5.28. The van der Waals surface area contributed by atoms with Crippen molar-refractivity contribution in [2.75, 3.05) is 6.61 Å². The zero-order valence-corrected chi connectivity index (χ0v) is 12.1. The molecule has 0 radical (unpaired) electrons. The number of hydrogen-bond acceptors (Lipinski definition) is 5. The normalized spacial score (nSPS) is 12.2. The van der Waals surface area contributed by atoms with Crippen molar-refractivity contribution in [3.63, 3.8) is 0 Å². The molecule has 106 valence electrons. The molecule has 19 heavy (non-hydrogen) atoms. The summed E-state index contributed by atoms with van der Waals surface area (Å²) >= 11 is 16.0. The average Bonchev–Trinajstić information content (AvgIpc) is 2.26. The first-order chi connectivity index (χ1) is 8.59. The van der Waals surface area contributed by atoms with E-state index in [1.807, 2.05) is 0 Å². The molecule has 0 heterocycles. The summed E-state index contributed by atoms with van der Waals surface area (Å²) in [5, 5.41) is 8.65. The molecular formula is C9H7Cl3O6S. The van der Waals surface area contributed by atoms with Crippen molar-refractivity contribution < 1.29 is 26.7 Å². The van der Waals surface area contributed by atoms with Crippen molar-refractivity contribution in [3.05, 3.63) is 29.8 Å². The van der Waals surface area contributed by atoms with Crippen LogP contribution in [0.5, 0.6) is 5.75 Å². The Balaban J connectivity index is 2.70. The van der Waals surface area contributed by atoms with Gasteiger partial charge in [0.1, 0.15) is 12.4 Å². The molecule has 10 heteroatoms. The van der Waals surface area contributed by atoms with Gasteiger partial charge in [0.2, 0.25) is 3.79 Å². The molecule has 0 aliphatic rings. The second kappa shape index (κ2) is 6.15. The van der Waals surface area contributed by atoms with Crippen LogP contribution in [-0.4, -0.2) is 29.9 Å². The highest BCUT2D eigenvalue weighted by molar-refractivity contribution is 7.82. The molecule has 0 atom stereocenters. The number of carboxylic acids is 1. The highest BCUT2D eigenvalue weighted by Crippen LogP contribution is 2.27. The summed E-state index contributed by atoms with van der Waals surface area (Å²) in [6, 6.07) is 4.64. The van der Waals surface area contributed by atoms with Crippen molar-refractivity contribution >= 4 is 51.2 Å². The fraction of sp³-hybridized carbons (Fsp3) is 0.222. The highest BCUT2D eigenvalue weighted by Gasteiger charge is 2.25. The molecule has 1 rings (SSSR count). The van der Waals surface area contributed by atoms with E-state index < -0.39 is 26.8 Å². The van der Waals surface area contributed by atoms with Crippen LogP contribution in [0.4, 0.5) is 0 Å². The molecule has 1 aromatic carbocycles. The van der Waals surface area contributed by atoms with Crippen LogP contribution in [-0.2, 0) is 14.6 Å². The highest BCUT2D eigenvalue weighted by atomic mass is 35.6. The van der Waals surface area contributed by atoms with Crippen LogP contribution in [0.1, 0.15) is 10.4 Å². The SMILES string of the molecule is O=C(O)c1ccc(OS(=O)(=O)OCC(Cl)(Cl)Cl)cc1. The van der Waals surface area contributed by atoms with Gasteiger partial charge in [0.15, 0.2) is 0 Å². The third kappa shape index (κ3) is 6.31. The number of hydrogen-bond donors (Lipinski definition) is 1. The lowest BCUT2D eigenvalue weighted by molar-refractivity contribution is 0.0697. The molecule has 0 aliphatic heterocycles. The monoisotopic (exact) mass is 348 g/mol. The Hall–Kier alpha value is -0.730. The number of alkyl halides is 3. The first-order valence-corrected chi connectivity index (χ1v) is 7.05. The minimum Gasteiger partial charge on any atom is -0.478 e. The van der Waals surface area contributed by atoms with Crippen molar-refractivity contribution in [3.8, 4) is 5.75 Å². The molecule has 1 N–H and O–H groups in total. The fourth-order valence-corrected chi connectivity index (χ4v) is 2.01. The summed E-state index contributed by atoms with van der Waals surface area (Å²) < 4.78 is 29.6. The number of benzene rings is 1. The van der Waals surface area contributed by atoms with Gasteiger partial charge in [-0.05, 0) is 24.3 Å². The third-order valence-corrected chi connectivity index (χ3v) is 2.80. The first-order valence-electron chi connectivity index (χ1n) is 4.58. The predicted molar refractivity (Wildman–Crippen MR) is 69.2 cm³/mol. The molecule has 0 spiro atoms. The van der Waals surface area contributed by atoms with Gasteiger partial charge in [-0.1, -0.05) is 34.8 Å². The van der Waals surface area contributed by atoms with E-state index in [0.29, 0.717) is 0 Å². The van der Waals surface area contributed by atoms with Crippen molar-refractivity contribution in [2.45, 2.75) is 3.79 Å². The van der Waals surface area contributed by atoms with Crippen molar-refractivity contribution in [2.24, 2.45) is 0 Å². The molecule has 6 nitrogen and oxygen atoms in total. The van der Waals surface area contributed by atoms with Crippen LogP contribution in [0.15, 0.2) is 24.3 Å². The van der Waals surface area contributed by atoms with Crippen LogP contribution in [0.2, 0.25) is 0 Å². The molecule has 1 aromatic rings. The van der Waals surface area contributed by atoms with Crippen LogP contribution >= 0.6 is 34.8 Å². The average molecular weight is 350 g/mol. The van der Waals surface area contributed by atoms with E-state index in [1.54, 1.807) is 0 Å². The Morgan fingerprint density at radius 1 is 1.21 bits per heavy atom. The standard InChI is InChI=1S/C9H7Cl3O6S/c10-9(11,12)5-17-19(15,16)18-7-3-1-6(2-4-7)8(13)14/h1-4H,5H2,(H,13,14). The van der Waals surface area contributed by atoms with Gasteiger partial charge in [-0.25, -0.2) is 8.98 Å². The van der Waals surface area contributed by atoms with Crippen molar-refractivity contribution in [1.29, 1.82) is 0 Å². The van der Waals surface area contributed by atoms with E-state index >= 15 is 0 Å². The number of rotatable bonds is 5. The maximum absolute atomic E-state index is 11.3. The molecule has 0 aromatic heterocycles. The largest absolute Gasteiger partial charge is 0.478 e. The second-order valence-electron chi connectivity index (χ2n) is 3.20. The third-order valence-electron chi connectivity index (χ3n) is 1.67. The second-order valence-corrected chi connectivity index (χ2v) is 6.93. The van der Waals surface area contributed by atoms with Gasteiger partial charge in [-0.15, -0.1) is 0 Å². The maximum atomic E-state index is 11.3. The fourth-order valence-electron chi connectivity index (χ4n) is 0.934. The Morgan fingerprint density at radius 2 is 1.74 bits per heavy atom. The quantitative estimate of drug-likeness (QED) is 0.821. The van der Waals surface area contributed by atoms with Crippen LogP contribution in [0.3, 0.4) is 0 Å². The zero-order chi connectivity index (χ0) is 14.7. The first kappa shape index (κ1) is 16.3.